The van der Waals surface area contributed by atoms with Crippen LogP contribution in [-0.4, -0.2) is 52.0 Å². The Hall–Kier alpha value is -2.31. The van der Waals surface area contributed by atoms with Gasteiger partial charge < -0.3 is 20.1 Å². The maximum absolute atomic E-state index is 12.1. The monoisotopic (exact) mass is 355 g/mol. The molecular weight excluding hydrogens is 330 g/mol. The van der Waals surface area contributed by atoms with Crippen LogP contribution in [0, 0.1) is 5.92 Å². The van der Waals surface area contributed by atoms with Gasteiger partial charge in [-0.2, -0.15) is 0 Å². The maximum atomic E-state index is 12.1. The van der Waals surface area contributed by atoms with E-state index in [2.05, 4.69) is 16.3 Å². The smallest absolute Gasteiger partial charge is 0.250 e. The highest BCUT2D eigenvalue weighted by Gasteiger charge is 2.34. The SMILES string of the molecule is O=c1cccc2n1C[C@H]1C[C@H]2CN(C[C@@H](O)CNc2cccc(O)c2)C1. The van der Waals surface area contributed by atoms with Gasteiger partial charge in [-0.05, 0) is 30.5 Å². The van der Waals surface area contributed by atoms with Gasteiger partial charge in [-0.3, -0.25) is 9.69 Å². The van der Waals surface area contributed by atoms with E-state index in [0.717, 1.165) is 37.4 Å². The third-order valence-electron chi connectivity index (χ3n) is 5.41. The molecule has 2 aliphatic rings. The first-order chi connectivity index (χ1) is 12.6. The molecule has 1 aromatic heterocycles. The number of phenolic OH excluding ortho intramolecular Hbond substituents is 1. The molecule has 0 radical (unpaired) electrons. The predicted octanol–water partition coefficient (Wildman–Crippen LogP) is 1.45. The minimum absolute atomic E-state index is 0.0981. The Morgan fingerprint density at radius 3 is 2.85 bits per heavy atom. The summed E-state index contributed by atoms with van der Waals surface area (Å²) >= 11 is 0. The second-order valence-electron chi connectivity index (χ2n) is 7.50. The number of aromatic hydroxyl groups is 1. The molecule has 2 aliphatic heterocycles. The molecule has 1 aromatic carbocycles. The largest absolute Gasteiger partial charge is 0.508 e. The van der Waals surface area contributed by atoms with Crippen molar-refractivity contribution in [3.63, 3.8) is 0 Å². The first-order valence-electron chi connectivity index (χ1n) is 9.21. The summed E-state index contributed by atoms with van der Waals surface area (Å²) < 4.78 is 1.93. The molecule has 0 spiro atoms. The molecule has 0 aliphatic carbocycles. The average molecular weight is 355 g/mol. The summed E-state index contributed by atoms with van der Waals surface area (Å²) in [7, 11) is 0. The third-order valence-corrected chi connectivity index (χ3v) is 5.41. The lowest BCUT2D eigenvalue weighted by atomic mass is 9.83. The van der Waals surface area contributed by atoms with Crippen molar-refractivity contribution in [2.75, 3.05) is 31.5 Å². The number of β-amino-alcohol motifs (C(OH)–C–C–N with tert-alkyl or cyclic N) is 1. The van der Waals surface area contributed by atoms with Crippen molar-refractivity contribution in [1.82, 2.24) is 9.47 Å². The molecule has 6 heteroatoms. The molecule has 4 rings (SSSR count). The maximum Gasteiger partial charge on any atom is 0.250 e. The van der Waals surface area contributed by atoms with Crippen molar-refractivity contribution in [3.8, 4) is 5.75 Å². The van der Waals surface area contributed by atoms with Crippen molar-refractivity contribution < 1.29 is 10.2 Å². The first kappa shape index (κ1) is 17.1. The van der Waals surface area contributed by atoms with Crippen molar-refractivity contribution in [1.29, 1.82) is 0 Å². The standard InChI is InChI=1S/C20H25N3O3/c24-17-4-1-3-16(8-17)21-9-18(25)13-22-10-14-7-15(12-22)19-5-2-6-20(26)23(19)11-14/h1-6,8,14-15,18,21,24-25H,7,9-13H2/t14-,15-,18-/m0/s1. The number of phenols is 1. The zero-order valence-electron chi connectivity index (χ0n) is 14.7. The number of pyridine rings is 1. The summed E-state index contributed by atoms with van der Waals surface area (Å²) in [5, 5.41) is 23.1. The number of hydrogen-bond donors (Lipinski definition) is 3. The van der Waals surface area contributed by atoms with Crippen LogP contribution in [0.25, 0.3) is 0 Å². The number of fused-ring (bicyclic) bond motifs is 4. The number of aromatic nitrogens is 1. The van der Waals surface area contributed by atoms with Gasteiger partial charge in [-0.15, -0.1) is 0 Å². The van der Waals surface area contributed by atoms with Crippen molar-refractivity contribution in [3.05, 3.63) is 58.5 Å². The number of nitrogens with one attached hydrogen (secondary N) is 1. The summed E-state index contributed by atoms with van der Waals surface area (Å²) in [4.78, 5) is 14.4. The van der Waals surface area contributed by atoms with E-state index in [9.17, 15) is 15.0 Å². The Morgan fingerprint density at radius 1 is 1.15 bits per heavy atom. The topological polar surface area (TPSA) is 77.7 Å². The van der Waals surface area contributed by atoms with Gasteiger partial charge in [0.2, 0.25) is 0 Å². The summed E-state index contributed by atoms with van der Waals surface area (Å²) in [5.41, 5.74) is 2.03. The molecule has 3 N–H and O–H groups in total. The second kappa shape index (κ2) is 7.13. The van der Waals surface area contributed by atoms with E-state index in [-0.39, 0.29) is 11.3 Å². The van der Waals surface area contributed by atoms with Gasteiger partial charge in [0.25, 0.3) is 5.56 Å². The molecule has 3 atom stereocenters. The highest BCUT2D eigenvalue weighted by molar-refractivity contribution is 5.47. The van der Waals surface area contributed by atoms with E-state index in [1.165, 1.54) is 0 Å². The number of rotatable bonds is 5. The van der Waals surface area contributed by atoms with E-state index < -0.39 is 6.10 Å². The van der Waals surface area contributed by atoms with Gasteiger partial charge in [0.05, 0.1) is 6.10 Å². The molecule has 3 heterocycles. The summed E-state index contributed by atoms with van der Waals surface area (Å²) in [6, 6.07) is 12.5. The van der Waals surface area contributed by atoms with Gasteiger partial charge in [0.15, 0.2) is 0 Å². The number of aliphatic hydroxyl groups is 1. The van der Waals surface area contributed by atoms with Gasteiger partial charge in [0.1, 0.15) is 5.75 Å². The van der Waals surface area contributed by atoms with E-state index in [1.807, 2.05) is 16.7 Å². The molecule has 2 bridgehead atoms. The summed E-state index contributed by atoms with van der Waals surface area (Å²) in [5.74, 6) is 1.04. The Labute approximate surface area is 152 Å². The summed E-state index contributed by atoms with van der Waals surface area (Å²) in [6.45, 7) is 3.62. The number of likely N-dealkylation sites (tertiary alicyclic amines) is 1. The fourth-order valence-electron chi connectivity index (χ4n) is 4.36. The van der Waals surface area contributed by atoms with Crippen LogP contribution in [-0.2, 0) is 6.54 Å². The quantitative estimate of drug-likeness (QED) is 0.757. The van der Waals surface area contributed by atoms with E-state index >= 15 is 0 Å². The average Bonchev–Trinajstić information content (AvgIpc) is 2.61. The molecule has 26 heavy (non-hydrogen) atoms. The van der Waals surface area contributed by atoms with Crippen LogP contribution in [0.2, 0.25) is 0 Å². The van der Waals surface area contributed by atoms with E-state index in [0.29, 0.717) is 24.9 Å². The fraction of sp³-hybridized carbons (Fsp3) is 0.450. The Kier molecular flexibility index (Phi) is 4.70. The predicted molar refractivity (Wildman–Crippen MR) is 101 cm³/mol. The van der Waals surface area contributed by atoms with Crippen molar-refractivity contribution >= 4 is 5.69 Å². The third kappa shape index (κ3) is 3.61. The fourth-order valence-corrected chi connectivity index (χ4v) is 4.36. The number of nitrogens with zero attached hydrogens (tertiary/aromatic N) is 2. The highest BCUT2D eigenvalue weighted by atomic mass is 16.3. The number of hydrogen-bond acceptors (Lipinski definition) is 5. The van der Waals surface area contributed by atoms with Crippen molar-refractivity contribution in [2.24, 2.45) is 5.92 Å². The van der Waals surface area contributed by atoms with Crippen LogP contribution >= 0.6 is 0 Å². The Bertz CT molecular complexity index is 835. The molecule has 6 nitrogen and oxygen atoms in total. The first-order valence-corrected chi connectivity index (χ1v) is 9.21. The lowest BCUT2D eigenvalue weighted by Crippen LogP contribution is -2.49. The number of aliphatic hydroxyl groups excluding tert-OH is 1. The number of benzene rings is 1. The molecule has 0 unspecified atom stereocenters. The molecule has 1 fully saturated rings. The molecule has 0 saturated carbocycles. The zero-order valence-corrected chi connectivity index (χ0v) is 14.7. The second-order valence-corrected chi connectivity index (χ2v) is 7.50. The van der Waals surface area contributed by atoms with Crippen molar-refractivity contribution in [2.45, 2.75) is 25.0 Å². The summed E-state index contributed by atoms with van der Waals surface area (Å²) in [6.07, 6.45) is 0.631. The van der Waals surface area contributed by atoms with Gasteiger partial charge in [-0.25, -0.2) is 0 Å². The molecule has 1 saturated heterocycles. The molecular formula is C20H25N3O3. The normalized spacial score (nSPS) is 23.3. The minimum atomic E-state index is -0.492. The van der Waals surface area contributed by atoms with E-state index in [1.54, 1.807) is 24.3 Å². The van der Waals surface area contributed by atoms with E-state index in [4.69, 9.17) is 0 Å². The Balaban J connectivity index is 1.36. The zero-order chi connectivity index (χ0) is 18.1. The lowest BCUT2D eigenvalue weighted by molar-refractivity contribution is 0.0676. The highest BCUT2D eigenvalue weighted by Crippen LogP contribution is 2.34. The van der Waals surface area contributed by atoms with Gasteiger partial charge >= 0.3 is 0 Å². The van der Waals surface area contributed by atoms with Crippen LogP contribution in [0.1, 0.15) is 18.0 Å². The minimum Gasteiger partial charge on any atom is -0.508 e. The molecule has 138 valence electrons. The molecule has 2 aromatic rings. The lowest BCUT2D eigenvalue weighted by Gasteiger charge is -2.43. The number of anilines is 1. The van der Waals surface area contributed by atoms with Gasteiger partial charge in [-0.1, -0.05) is 12.1 Å². The Morgan fingerprint density at radius 2 is 2.00 bits per heavy atom. The van der Waals surface area contributed by atoms with Gasteiger partial charge in [0, 0.05) is 62.2 Å². The van der Waals surface area contributed by atoms with Crippen LogP contribution in [0.5, 0.6) is 5.75 Å². The van der Waals surface area contributed by atoms with Crippen LogP contribution in [0.4, 0.5) is 5.69 Å². The van der Waals surface area contributed by atoms with Crippen LogP contribution in [0.15, 0.2) is 47.3 Å². The van der Waals surface area contributed by atoms with Crippen LogP contribution < -0.4 is 10.9 Å². The number of piperidine rings is 1. The molecule has 0 amide bonds. The van der Waals surface area contributed by atoms with Crippen LogP contribution in [0.3, 0.4) is 0 Å².